The van der Waals surface area contributed by atoms with E-state index in [2.05, 4.69) is 291 Å². The first-order chi connectivity index (χ1) is 36.5. The molecule has 0 atom stereocenters. The summed E-state index contributed by atoms with van der Waals surface area (Å²) >= 11 is 0. The zero-order valence-corrected chi connectivity index (χ0v) is 41.2. The maximum absolute atomic E-state index is 7.13. The molecule has 1 heterocycles. The summed E-state index contributed by atoms with van der Waals surface area (Å²) in [4.78, 5) is 4.73. The molecule has 0 saturated carbocycles. The van der Waals surface area contributed by atoms with Crippen molar-refractivity contribution in [2.75, 3.05) is 9.80 Å². The van der Waals surface area contributed by atoms with Gasteiger partial charge in [0.25, 0.3) is 0 Å². The summed E-state index contributed by atoms with van der Waals surface area (Å²) in [6.45, 7) is 4.69. The summed E-state index contributed by atoms with van der Waals surface area (Å²) in [7, 11) is 0. The fourth-order valence-electron chi connectivity index (χ4n) is 11.8. The molecule has 0 amide bonds. The van der Waals surface area contributed by atoms with Gasteiger partial charge in [-0.05, 0) is 139 Å². The van der Waals surface area contributed by atoms with Crippen LogP contribution in [0.15, 0.2) is 267 Å². The second-order valence-electron chi connectivity index (χ2n) is 20.0. The standard InChI is InChI=1S/C71H50N2O/c1-71(2)65-28-15-14-25-60(65)64-45-55(39-43-66(64)71)73(54-36-33-48(34-37-54)47-17-6-3-7-18-47)67-44-42-57(59-24-12-13-26-61(59)67)49-29-31-50(32-30-49)58-40-35-51-19-16-27-63-62-41-38-56(46-68(62)74-70(58)69(51)63)72(52-20-8-4-9-21-52)53-22-10-5-11-23-53/h3-46H,1-2H3. The number of rotatable bonds is 9. The molecule has 0 radical (unpaired) electrons. The van der Waals surface area contributed by atoms with Crippen molar-refractivity contribution < 1.29 is 4.74 Å². The fourth-order valence-corrected chi connectivity index (χ4v) is 11.8. The van der Waals surface area contributed by atoms with Crippen LogP contribution in [0.25, 0.3) is 77.2 Å². The van der Waals surface area contributed by atoms with Crippen LogP contribution >= 0.6 is 0 Å². The molecule has 0 saturated heterocycles. The van der Waals surface area contributed by atoms with E-state index in [1.54, 1.807) is 0 Å². The van der Waals surface area contributed by atoms with Gasteiger partial charge in [0.1, 0.15) is 11.5 Å². The lowest BCUT2D eigenvalue weighted by Gasteiger charge is -2.29. The van der Waals surface area contributed by atoms with E-state index in [9.17, 15) is 0 Å². The molecular formula is C71H50N2O. The Balaban J connectivity index is 0.849. The summed E-state index contributed by atoms with van der Waals surface area (Å²) in [5.74, 6) is 1.72. The van der Waals surface area contributed by atoms with Gasteiger partial charge in [-0.25, -0.2) is 0 Å². The Morgan fingerprint density at radius 2 is 0.838 bits per heavy atom. The lowest BCUT2D eigenvalue weighted by atomic mass is 9.82. The van der Waals surface area contributed by atoms with Gasteiger partial charge in [0, 0.05) is 61.8 Å². The van der Waals surface area contributed by atoms with Crippen LogP contribution in [0.2, 0.25) is 0 Å². The Hall–Kier alpha value is -9.44. The molecule has 1 aliphatic carbocycles. The summed E-state index contributed by atoms with van der Waals surface area (Å²) in [5, 5.41) is 4.66. The molecule has 0 unspecified atom stereocenters. The topological polar surface area (TPSA) is 15.7 Å². The molecule has 3 heteroatoms. The van der Waals surface area contributed by atoms with Crippen LogP contribution in [-0.4, -0.2) is 0 Å². The lowest BCUT2D eigenvalue weighted by Crippen LogP contribution is -2.15. The predicted molar refractivity (Wildman–Crippen MR) is 310 cm³/mol. The Bertz CT molecular complexity index is 4070. The Morgan fingerprint density at radius 1 is 0.311 bits per heavy atom. The molecule has 2 aliphatic rings. The third-order valence-electron chi connectivity index (χ3n) is 15.5. The number of fused-ring (bicyclic) bond motifs is 6. The number of benzene rings is 12. The van der Waals surface area contributed by atoms with E-state index in [-0.39, 0.29) is 5.41 Å². The van der Waals surface area contributed by atoms with E-state index in [1.165, 1.54) is 55.3 Å². The summed E-state index contributed by atoms with van der Waals surface area (Å²) in [6.07, 6.45) is 0. The van der Waals surface area contributed by atoms with Gasteiger partial charge in [-0.15, -0.1) is 0 Å². The third-order valence-corrected chi connectivity index (χ3v) is 15.5. The number of hydrogen-bond donors (Lipinski definition) is 0. The number of ether oxygens (including phenoxy) is 1. The minimum Gasteiger partial charge on any atom is -0.455 e. The van der Waals surface area contributed by atoms with Crippen LogP contribution in [0.5, 0.6) is 11.5 Å². The SMILES string of the molecule is CC1(C)c2ccccc2-c2cc(N(c3ccc(-c4ccccc4)cc3)c3ccc(-c4ccc(-c5ccc6cccc7c6c5Oc5cc(N(c6ccccc6)c6ccccc6)ccc5-7)cc4)c4ccccc34)ccc21. The second-order valence-corrected chi connectivity index (χ2v) is 20.0. The summed E-state index contributed by atoms with van der Waals surface area (Å²) in [5.41, 5.74) is 21.0. The van der Waals surface area contributed by atoms with Crippen molar-refractivity contribution in [3.8, 4) is 67.1 Å². The maximum atomic E-state index is 7.13. The molecule has 3 nitrogen and oxygen atoms in total. The lowest BCUT2D eigenvalue weighted by molar-refractivity contribution is 0.489. The van der Waals surface area contributed by atoms with Crippen LogP contribution in [0.3, 0.4) is 0 Å². The second kappa shape index (κ2) is 17.4. The van der Waals surface area contributed by atoms with Crippen molar-refractivity contribution in [3.05, 3.63) is 278 Å². The van der Waals surface area contributed by atoms with E-state index in [4.69, 9.17) is 4.74 Å². The van der Waals surface area contributed by atoms with Crippen LogP contribution in [-0.2, 0) is 5.41 Å². The fraction of sp³-hybridized carbons (Fsp3) is 0.0423. The molecule has 0 fully saturated rings. The normalized spacial score (nSPS) is 12.7. The van der Waals surface area contributed by atoms with Crippen molar-refractivity contribution >= 4 is 55.7 Å². The van der Waals surface area contributed by atoms with E-state index < -0.39 is 0 Å². The van der Waals surface area contributed by atoms with Gasteiger partial charge in [-0.1, -0.05) is 202 Å². The zero-order valence-electron chi connectivity index (χ0n) is 41.2. The van der Waals surface area contributed by atoms with Crippen molar-refractivity contribution in [1.82, 2.24) is 0 Å². The third kappa shape index (κ3) is 7.11. The molecular weight excluding hydrogens is 897 g/mol. The maximum Gasteiger partial charge on any atom is 0.143 e. The monoisotopic (exact) mass is 946 g/mol. The average Bonchev–Trinajstić information content (AvgIpc) is 3.72. The smallest absolute Gasteiger partial charge is 0.143 e. The average molecular weight is 947 g/mol. The predicted octanol–water partition coefficient (Wildman–Crippen LogP) is 20.0. The largest absolute Gasteiger partial charge is 0.455 e. The van der Waals surface area contributed by atoms with Gasteiger partial charge in [0.05, 0.1) is 5.69 Å². The summed E-state index contributed by atoms with van der Waals surface area (Å²) in [6, 6.07) is 96.9. The van der Waals surface area contributed by atoms with Gasteiger partial charge in [0.2, 0.25) is 0 Å². The highest BCUT2D eigenvalue weighted by Gasteiger charge is 2.36. The molecule has 1 aliphatic heterocycles. The Kier molecular flexibility index (Phi) is 10.2. The first-order valence-corrected chi connectivity index (χ1v) is 25.6. The van der Waals surface area contributed by atoms with Gasteiger partial charge < -0.3 is 14.5 Å². The highest BCUT2D eigenvalue weighted by molar-refractivity contribution is 6.09. The molecule has 12 aromatic carbocycles. The molecule has 0 N–H and O–H groups in total. The molecule has 350 valence electrons. The molecule has 0 aromatic heterocycles. The number of hydrogen-bond acceptors (Lipinski definition) is 3. The highest BCUT2D eigenvalue weighted by atomic mass is 16.5. The van der Waals surface area contributed by atoms with Gasteiger partial charge in [0.15, 0.2) is 0 Å². The summed E-state index contributed by atoms with van der Waals surface area (Å²) < 4.78 is 7.13. The van der Waals surface area contributed by atoms with Crippen molar-refractivity contribution in [1.29, 1.82) is 0 Å². The number of anilines is 6. The van der Waals surface area contributed by atoms with E-state index >= 15 is 0 Å². The van der Waals surface area contributed by atoms with Crippen LogP contribution in [0.4, 0.5) is 34.1 Å². The molecule has 74 heavy (non-hydrogen) atoms. The number of para-hydroxylation sites is 2. The van der Waals surface area contributed by atoms with Gasteiger partial charge >= 0.3 is 0 Å². The van der Waals surface area contributed by atoms with Crippen molar-refractivity contribution in [3.63, 3.8) is 0 Å². The zero-order chi connectivity index (χ0) is 49.3. The molecule has 14 rings (SSSR count). The first kappa shape index (κ1) is 43.4. The van der Waals surface area contributed by atoms with Crippen LogP contribution in [0.1, 0.15) is 25.0 Å². The quantitative estimate of drug-likeness (QED) is 0.143. The van der Waals surface area contributed by atoms with Crippen molar-refractivity contribution in [2.24, 2.45) is 0 Å². The van der Waals surface area contributed by atoms with Gasteiger partial charge in [-0.3, -0.25) is 0 Å². The van der Waals surface area contributed by atoms with E-state index in [0.29, 0.717) is 0 Å². The van der Waals surface area contributed by atoms with Gasteiger partial charge in [-0.2, -0.15) is 0 Å². The first-order valence-electron chi connectivity index (χ1n) is 25.6. The number of nitrogens with zero attached hydrogens (tertiary/aromatic N) is 2. The Morgan fingerprint density at radius 3 is 1.58 bits per heavy atom. The molecule has 0 spiro atoms. The van der Waals surface area contributed by atoms with E-state index in [1.807, 2.05) is 0 Å². The van der Waals surface area contributed by atoms with Crippen molar-refractivity contribution in [2.45, 2.75) is 19.3 Å². The highest BCUT2D eigenvalue weighted by Crippen LogP contribution is 2.54. The minimum atomic E-state index is -0.0821. The van der Waals surface area contributed by atoms with E-state index in [0.717, 1.165) is 78.6 Å². The van der Waals surface area contributed by atoms with Crippen LogP contribution in [0, 0.1) is 0 Å². The molecule has 12 aromatic rings. The Labute approximate surface area is 432 Å². The van der Waals surface area contributed by atoms with Crippen LogP contribution < -0.4 is 14.5 Å². The molecule has 0 bridgehead atoms. The minimum absolute atomic E-state index is 0.0821.